The normalized spacial score (nSPS) is 18.3. The average Bonchev–Trinajstić information content (AvgIpc) is 3.34. The molecule has 2 heterocycles. The Hall–Kier alpha value is -2.89. The fourth-order valence-electron chi connectivity index (χ4n) is 4.40. The Morgan fingerprint density at radius 3 is 2.64 bits per heavy atom. The van der Waals surface area contributed by atoms with E-state index in [4.69, 9.17) is 0 Å². The summed E-state index contributed by atoms with van der Waals surface area (Å²) in [7, 11) is 0. The van der Waals surface area contributed by atoms with Gasteiger partial charge in [-0.1, -0.05) is 0 Å². The monoisotopic (exact) mass is 378 g/mol. The predicted molar refractivity (Wildman–Crippen MR) is 108 cm³/mol. The summed E-state index contributed by atoms with van der Waals surface area (Å²) in [6.07, 6.45) is 11.3. The zero-order valence-corrected chi connectivity index (χ0v) is 15.6. The van der Waals surface area contributed by atoms with Crippen molar-refractivity contribution in [2.75, 3.05) is 10.6 Å². The van der Waals surface area contributed by atoms with Crippen LogP contribution >= 0.6 is 0 Å². The van der Waals surface area contributed by atoms with Gasteiger partial charge in [0.15, 0.2) is 0 Å². The molecule has 2 aliphatic rings. The number of nitrogens with one attached hydrogen (secondary N) is 3. The number of aromatic amines is 1. The number of urea groups is 1. The molecule has 0 atom stereocenters. The highest BCUT2D eigenvalue weighted by atomic mass is 19.1. The van der Waals surface area contributed by atoms with E-state index in [0.717, 1.165) is 11.2 Å². The fraction of sp³-hybridized carbons (Fsp3) is 0.364. The van der Waals surface area contributed by atoms with Gasteiger partial charge >= 0.3 is 6.03 Å². The lowest BCUT2D eigenvalue weighted by molar-refractivity contribution is 0.262. The van der Waals surface area contributed by atoms with Crippen molar-refractivity contribution in [1.82, 2.24) is 9.97 Å². The number of H-pyrrole nitrogens is 1. The maximum Gasteiger partial charge on any atom is 0.323 e. The number of hydrogen-bond acceptors (Lipinski definition) is 2. The van der Waals surface area contributed by atoms with Crippen LogP contribution in [-0.4, -0.2) is 16.0 Å². The van der Waals surface area contributed by atoms with E-state index in [2.05, 4.69) is 20.6 Å². The molecule has 0 radical (unpaired) electrons. The Kier molecular flexibility index (Phi) is 4.07. The van der Waals surface area contributed by atoms with Gasteiger partial charge in [0.1, 0.15) is 5.82 Å². The molecule has 144 valence electrons. The van der Waals surface area contributed by atoms with Crippen LogP contribution in [0.2, 0.25) is 0 Å². The highest BCUT2D eigenvalue weighted by molar-refractivity contribution is 6.05. The molecule has 2 aliphatic carbocycles. The summed E-state index contributed by atoms with van der Waals surface area (Å²) >= 11 is 0. The number of pyridine rings is 1. The van der Waals surface area contributed by atoms with Crippen LogP contribution in [0.5, 0.6) is 0 Å². The zero-order valence-electron chi connectivity index (χ0n) is 15.6. The number of carbonyl (C=O) groups is 1. The second-order valence-corrected chi connectivity index (χ2v) is 8.22. The minimum atomic E-state index is -0.381. The molecule has 2 amide bonds. The van der Waals surface area contributed by atoms with Crippen LogP contribution in [-0.2, 0) is 0 Å². The topological polar surface area (TPSA) is 69.8 Å². The van der Waals surface area contributed by atoms with Crippen molar-refractivity contribution < 1.29 is 9.18 Å². The molecule has 5 nitrogen and oxygen atoms in total. The standard InChI is InChI=1S/C22H23FN4O/c23-15-1-3-19-17(11-15)20(13-25-19)27-21(28)26-16-2-4-18(24-12-16)14-5-7-22(8-6-14)9-10-22/h1-4,11-14,25H,5-10H2,(H2,26,27,28). The maximum atomic E-state index is 13.5. The van der Waals surface area contributed by atoms with Gasteiger partial charge in [0.2, 0.25) is 0 Å². The lowest BCUT2D eigenvalue weighted by Gasteiger charge is -2.28. The average molecular weight is 378 g/mol. The lowest BCUT2D eigenvalue weighted by atomic mass is 9.78. The Bertz CT molecular complexity index is 1010. The number of rotatable bonds is 3. The van der Waals surface area contributed by atoms with E-state index in [9.17, 15) is 9.18 Å². The summed E-state index contributed by atoms with van der Waals surface area (Å²) in [5.74, 6) is 0.195. The summed E-state index contributed by atoms with van der Waals surface area (Å²) in [5, 5.41) is 6.19. The minimum absolute atomic E-state index is 0.342. The molecule has 2 fully saturated rings. The Morgan fingerprint density at radius 1 is 1.11 bits per heavy atom. The Morgan fingerprint density at radius 2 is 1.93 bits per heavy atom. The van der Waals surface area contributed by atoms with E-state index < -0.39 is 0 Å². The number of amides is 2. The van der Waals surface area contributed by atoms with Crippen molar-refractivity contribution in [3.8, 4) is 0 Å². The van der Waals surface area contributed by atoms with Crippen LogP contribution in [0, 0.1) is 11.2 Å². The maximum absolute atomic E-state index is 13.5. The van der Waals surface area contributed by atoms with Gasteiger partial charge in [0, 0.05) is 28.7 Å². The number of aromatic nitrogens is 2. The Balaban J connectivity index is 1.22. The molecule has 28 heavy (non-hydrogen) atoms. The van der Waals surface area contributed by atoms with Crippen molar-refractivity contribution in [1.29, 1.82) is 0 Å². The van der Waals surface area contributed by atoms with Crippen molar-refractivity contribution in [2.24, 2.45) is 5.41 Å². The summed E-state index contributed by atoms with van der Waals surface area (Å²) in [5.41, 5.74) is 3.74. The predicted octanol–water partition coefficient (Wildman–Crippen LogP) is 5.78. The number of benzene rings is 1. The highest BCUT2D eigenvalue weighted by Crippen LogP contribution is 2.58. The van der Waals surface area contributed by atoms with E-state index in [1.54, 1.807) is 18.5 Å². The highest BCUT2D eigenvalue weighted by Gasteiger charge is 2.44. The SMILES string of the molecule is O=C(Nc1ccc(C2CCC3(CC2)CC3)nc1)Nc1c[nH]c2ccc(F)cc12. The van der Waals surface area contributed by atoms with Crippen LogP contribution in [0.3, 0.4) is 0 Å². The van der Waals surface area contributed by atoms with Crippen molar-refractivity contribution in [2.45, 2.75) is 44.4 Å². The van der Waals surface area contributed by atoms with Gasteiger partial charge in [0.05, 0.1) is 17.6 Å². The van der Waals surface area contributed by atoms with E-state index >= 15 is 0 Å². The van der Waals surface area contributed by atoms with Crippen molar-refractivity contribution >= 4 is 28.3 Å². The minimum Gasteiger partial charge on any atom is -0.359 e. The van der Waals surface area contributed by atoms with Gasteiger partial charge < -0.3 is 15.6 Å². The summed E-state index contributed by atoms with van der Waals surface area (Å²) < 4.78 is 13.5. The van der Waals surface area contributed by atoms with Gasteiger partial charge in [-0.2, -0.15) is 0 Å². The summed E-state index contributed by atoms with van der Waals surface area (Å²) in [6, 6.07) is 7.96. The largest absolute Gasteiger partial charge is 0.359 e. The molecule has 2 aromatic heterocycles. The zero-order chi connectivity index (χ0) is 19.1. The number of anilines is 2. The number of carbonyl (C=O) groups excluding carboxylic acids is 1. The first-order valence-corrected chi connectivity index (χ1v) is 9.91. The number of fused-ring (bicyclic) bond motifs is 1. The third-order valence-corrected chi connectivity index (χ3v) is 6.36. The van der Waals surface area contributed by atoms with Crippen LogP contribution in [0.15, 0.2) is 42.7 Å². The van der Waals surface area contributed by atoms with E-state index in [0.29, 0.717) is 28.1 Å². The molecule has 3 aromatic rings. The second kappa shape index (κ2) is 6.62. The smallest absolute Gasteiger partial charge is 0.323 e. The Labute approximate surface area is 162 Å². The van der Waals surface area contributed by atoms with E-state index in [-0.39, 0.29) is 11.8 Å². The lowest BCUT2D eigenvalue weighted by Crippen LogP contribution is -2.19. The van der Waals surface area contributed by atoms with Gasteiger partial charge in [0.25, 0.3) is 0 Å². The summed E-state index contributed by atoms with van der Waals surface area (Å²) in [6.45, 7) is 0. The fourth-order valence-corrected chi connectivity index (χ4v) is 4.40. The first-order valence-electron chi connectivity index (χ1n) is 9.91. The molecule has 1 aromatic carbocycles. The first kappa shape index (κ1) is 17.2. The van der Waals surface area contributed by atoms with E-state index in [1.165, 1.54) is 50.7 Å². The molecule has 3 N–H and O–H groups in total. The van der Waals surface area contributed by atoms with Crippen LogP contribution in [0.25, 0.3) is 10.9 Å². The van der Waals surface area contributed by atoms with E-state index in [1.807, 2.05) is 12.1 Å². The molecule has 0 saturated heterocycles. The summed E-state index contributed by atoms with van der Waals surface area (Å²) in [4.78, 5) is 19.9. The van der Waals surface area contributed by atoms with Gasteiger partial charge in [-0.05, 0) is 74.3 Å². The molecule has 0 unspecified atom stereocenters. The number of halogens is 1. The quantitative estimate of drug-likeness (QED) is 0.540. The third-order valence-electron chi connectivity index (χ3n) is 6.36. The third kappa shape index (κ3) is 3.35. The molecule has 0 bridgehead atoms. The van der Waals surface area contributed by atoms with Crippen LogP contribution < -0.4 is 10.6 Å². The molecule has 0 aliphatic heterocycles. The van der Waals surface area contributed by atoms with Crippen LogP contribution in [0.4, 0.5) is 20.6 Å². The van der Waals surface area contributed by atoms with Crippen molar-refractivity contribution in [3.63, 3.8) is 0 Å². The molecule has 2 saturated carbocycles. The first-order chi connectivity index (χ1) is 13.6. The number of nitrogens with zero attached hydrogens (tertiary/aromatic N) is 1. The molecule has 5 rings (SSSR count). The van der Waals surface area contributed by atoms with Crippen LogP contribution in [0.1, 0.15) is 50.1 Å². The van der Waals surface area contributed by atoms with Gasteiger partial charge in [-0.3, -0.25) is 4.98 Å². The van der Waals surface area contributed by atoms with Crippen molar-refractivity contribution in [3.05, 3.63) is 54.2 Å². The molecular weight excluding hydrogens is 355 g/mol. The van der Waals surface area contributed by atoms with Gasteiger partial charge in [-0.15, -0.1) is 0 Å². The van der Waals surface area contributed by atoms with Gasteiger partial charge in [-0.25, -0.2) is 9.18 Å². The molecule has 6 heteroatoms. The second-order valence-electron chi connectivity index (χ2n) is 8.22. The molecular formula is C22H23FN4O. The molecule has 1 spiro atoms. The number of hydrogen-bond donors (Lipinski definition) is 3.